The van der Waals surface area contributed by atoms with E-state index in [2.05, 4.69) is 17.9 Å². The number of ketones is 1. The fourth-order valence-electron chi connectivity index (χ4n) is 5.54. The minimum absolute atomic E-state index is 0.0291. The third kappa shape index (κ3) is 1.34. The first-order valence-electron chi connectivity index (χ1n) is 8.63. The topological polar surface area (TPSA) is 59.0 Å². The molecule has 126 valence electrons. The summed E-state index contributed by atoms with van der Waals surface area (Å²) in [6.45, 7) is 3.87. The van der Waals surface area contributed by atoms with Crippen LogP contribution in [0.5, 0.6) is 11.5 Å². The number of nitrogens with zero attached hydrogens (tertiary/aromatic N) is 1. The summed E-state index contributed by atoms with van der Waals surface area (Å²) in [6.07, 6.45) is 4.06. The zero-order valence-electron chi connectivity index (χ0n) is 13.9. The van der Waals surface area contributed by atoms with Crippen LogP contribution in [-0.2, 0) is 16.6 Å². The molecule has 0 saturated carbocycles. The van der Waals surface area contributed by atoms with Gasteiger partial charge in [0.2, 0.25) is 0 Å². The highest BCUT2D eigenvalue weighted by Crippen LogP contribution is 2.63. The maximum Gasteiger partial charge on any atom is 0.196 e. The normalized spacial score (nSPS) is 38.7. The van der Waals surface area contributed by atoms with Crippen molar-refractivity contribution in [3.8, 4) is 11.5 Å². The van der Waals surface area contributed by atoms with Gasteiger partial charge in [0.25, 0.3) is 0 Å². The lowest BCUT2D eigenvalue weighted by Gasteiger charge is -2.60. The lowest BCUT2D eigenvalue weighted by Crippen LogP contribution is -2.75. The molecule has 5 rings (SSSR count). The summed E-state index contributed by atoms with van der Waals surface area (Å²) in [4.78, 5) is 15.0. The van der Waals surface area contributed by atoms with Crippen LogP contribution in [0, 0.1) is 0 Å². The van der Waals surface area contributed by atoms with E-state index in [1.54, 1.807) is 13.2 Å². The Labute approximate surface area is 140 Å². The Balaban J connectivity index is 1.85. The number of carbonyl (C=O) groups is 1. The molecular weight excluding hydrogens is 306 g/mol. The highest BCUT2D eigenvalue weighted by molar-refractivity contribution is 5.99. The van der Waals surface area contributed by atoms with Gasteiger partial charge in [-0.3, -0.25) is 9.69 Å². The molecule has 2 heterocycles. The average molecular weight is 327 g/mol. The summed E-state index contributed by atoms with van der Waals surface area (Å²) in [5, 5.41) is 11.8. The zero-order chi connectivity index (χ0) is 16.7. The molecule has 0 unspecified atom stereocenters. The molecule has 0 aromatic heterocycles. The third-order valence-corrected chi connectivity index (χ3v) is 6.59. The van der Waals surface area contributed by atoms with Crippen LogP contribution in [0.2, 0.25) is 0 Å². The summed E-state index contributed by atoms with van der Waals surface area (Å²) in [7, 11) is 1.61. The van der Waals surface area contributed by atoms with Crippen molar-refractivity contribution in [3.63, 3.8) is 0 Å². The molecule has 1 saturated heterocycles. The van der Waals surface area contributed by atoms with Crippen molar-refractivity contribution in [2.75, 3.05) is 20.2 Å². The summed E-state index contributed by atoms with van der Waals surface area (Å²) in [5.41, 5.74) is 0.403. The molecule has 4 aliphatic rings. The second-order valence-electron chi connectivity index (χ2n) is 7.26. The van der Waals surface area contributed by atoms with Gasteiger partial charge in [0, 0.05) is 11.6 Å². The van der Waals surface area contributed by atoms with Crippen molar-refractivity contribution >= 4 is 5.78 Å². The third-order valence-electron chi connectivity index (χ3n) is 6.59. The van der Waals surface area contributed by atoms with Gasteiger partial charge in [-0.2, -0.15) is 0 Å². The number of methoxy groups -OCH3 is 1. The van der Waals surface area contributed by atoms with E-state index in [0.717, 1.165) is 25.1 Å². The van der Waals surface area contributed by atoms with E-state index in [9.17, 15) is 9.90 Å². The Morgan fingerprint density at radius 1 is 1.46 bits per heavy atom. The van der Waals surface area contributed by atoms with E-state index in [1.165, 1.54) is 11.6 Å². The number of likely N-dealkylation sites (tertiary alicyclic amines) is 1. The van der Waals surface area contributed by atoms with Crippen molar-refractivity contribution in [1.82, 2.24) is 4.90 Å². The Kier molecular flexibility index (Phi) is 2.66. The first kappa shape index (κ1) is 14.5. The number of likely N-dealkylation sites (N-methyl/N-ethyl adjacent to an activating group) is 1. The Bertz CT molecular complexity index is 788. The van der Waals surface area contributed by atoms with Gasteiger partial charge in [-0.15, -0.1) is 0 Å². The van der Waals surface area contributed by atoms with E-state index in [-0.39, 0.29) is 11.8 Å². The number of benzene rings is 1. The van der Waals surface area contributed by atoms with Crippen LogP contribution in [0.4, 0.5) is 0 Å². The SMILES string of the molecule is CCN1CC[C@]23c4c5ccc(OC)c4O[C@H]2C(=O)C=C[C@@]3(O)[C@H]1C5. The molecule has 2 aliphatic carbocycles. The van der Waals surface area contributed by atoms with Gasteiger partial charge in [-0.05, 0) is 49.7 Å². The summed E-state index contributed by atoms with van der Waals surface area (Å²) in [6, 6.07) is 3.95. The van der Waals surface area contributed by atoms with Gasteiger partial charge in [0.15, 0.2) is 23.4 Å². The number of ether oxygens (including phenoxy) is 2. The monoisotopic (exact) mass is 327 g/mol. The van der Waals surface area contributed by atoms with Gasteiger partial charge in [0.05, 0.1) is 12.5 Å². The number of piperidine rings is 1. The van der Waals surface area contributed by atoms with E-state index in [0.29, 0.717) is 17.9 Å². The summed E-state index contributed by atoms with van der Waals surface area (Å²) >= 11 is 0. The lowest BCUT2D eigenvalue weighted by molar-refractivity contribution is -0.154. The molecule has 0 radical (unpaired) electrons. The quantitative estimate of drug-likeness (QED) is 0.885. The van der Waals surface area contributed by atoms with Gasteiger partial charge in [0.1, 0.15) is 5.60 Å². The number of carbonyl (C=O) groups excluding carboxylic acids is 1. The van der Waals surface area contributed by atoms with Crippen LogP contribution in [0.15, 0.2) is 24.3 Å². The average Bonchev–Trinajstić information content (AvgIpc) is 2.93. The van der Waals surface area contributed by atoms with Gasteiger partial charge in [-0.1, -0.05) is 13.0 Å². The molecule has 0 amide bonds. The highest BCUT2D eigenvalue weighted by Gasteiger charge is 2.71. The first-order valence-corrected chi connectivity index (χ1v) is 8.63. The molecule has 2 aliphatic heterocycles. The molecule has 1 N–H and O–H groups in total. The number of hydrogen-bond donors (Lipinski definition) is 1. The minimum atomic E-state index is -1.08. The van der Waals surface area contributed by atoms with Crippen molar-refractivity contribution in [3.05, 3.63) is 35.4 Å². The molecule has 24 heavy (non-hydrogen) atoms. The molecule has 5 heteroatoms. The molecule has 1 aromatic rings. The highest BCUT2D eigenvalue weighted by atomic mass is 16.5. The predicted octanol–water partition coefficient (Wildman–Crippen LogP) is 1.21. The van der Waals surface area contributed by atoms with Crippen molar-refractivity contribution < 1.29 is 19.4 Å². The zero-order valence-corrected chi connectivity index (χ0v) is 13.9. The van der Waals surface area contributed by atoms with Crippen LogP contribution in [0.1, 0.15) is 24.5 Å². The van der Waals surface area contributed by atoms with Crippen LogP contribution < -0.4 is 9.47 Å². The van der Waals surface area contributed by atoms with Crippen LogP contribution in [0.25, 0.3) is 0 Å². The van der Waals surface area contributed by atoms with Crippen molar-refractivity contribution in [1.29, 1.82) is 0 Å². The minimum Gasteiger partial charge on any atom is -0.493 e. The fraction of sp³-hybridized carbons (Fsp3) is 0.526. The Hall–Kier alpha value is -1.85. The van der Waals surface area contributed by atoms with Crippen molar-refractivity contribution in [2.45, 2.75) is 42.9 Å². The molecule has 4 atom stereocenters. The van der Waals surface area contributed by atoms with E-state index in [4.69, 9.17) is 9.47 Å². The van der Waals surface area contributed by atoms with E-state index >= 15 is 0 Å². The fourth-order valence-corrected chi connectivity index (χ4v) is 5.54. The lowest BCUT2D eigenvalue weighted by atomic mass is 9.51. The maximum absolute atomic E-state index is 12.6. The van der Waals surface area contributed by atoms with Crippen LogP contribution in [0.3, 0.4) is 0 Å². The standard InChI is InChI=1S/C19H21NO4/c1-3-20-9-8-18-15-11-4-5-13(23-2)16(15)24-17(18)12(21)6-7-19(18,22)14(20)10-11/h4-7,14,17,22H,3,8-10H2,1-2H3/t14-,17+,18+,19-/m1/s1. The largest absolute Gasteiger partial charge is 0.493 e. The molecular formula is C19H21NO4. The Morgan fingerprint density at radius 3 is 3.04 bits per heavy atom. The van der Waals surface area contributed by atoms with Crippen molar-refractivity contribution in [2.24, 2.45) is 0 Å². The number of rotatable bonds is 2. The smallest absolute Gasteiger partial charge is 0.196 e. The van der Waals surface area contributed by atoms with Gasteiger partial charge in [-0.25, -0.2) is 0 Å². The molecule has 1 fully saturated rings. The van der Waals surface area contributed by atoms with Crippen LogP contribution >= 0.6 is 0 Å². The summed E-state index contributed by atoms with van der Waals surface area (Å²) < 4.78 is 11.6. The molecule has 1 spiro atoms. The first-order chi connectivity index (χ1) is 11.6. The number of aliphatic hydroxyl groups is 1. The predicted molar refractivity (Wildman–Crippen MR) is 87.5 cm³/mol. The maximum atomic E-state index is 12.6. The molecule has 5 nitrogen and oxygen atoms in total. The molecule has 1 aromatic carbocycles. The van der Waals surface area contributed by atoms with E-state index < -0.39 is 17.1 Å². The van der Waals surface area contributed by atoms with Gasteiger partial charge >= 0.3 is 0 Å². The molecule has 2 bridgehead atoms. The van der Waals surface area contributed by atoms with Crippen LogP contribution in [-0.4, -0.2) is 53.7 Å². The second-order valence-corrected chi connectivity index (χ2v) is 7.26. The van der Waals surface area contributed by atoms with E-state index in [1.807, 2.05) is 6.07 Å². The number of hydrogen-bond acceptors (Lipinski definition) is 5. The van der Waals surface area contributed by atoms with Gasteiger partial charge < -0.3 is 14.6 Å². The second kappa shape index (κ2) is 4.41. The summed E-state index contributed by atoms with van der Waals surface area (Å²) in [5.74, 6) is 1.23. The Morgan fingerprint density at radius 2 is 2.29 bits per heavy atom.